The Kier molecular flexibility index (Phi) is 7.27. The molecule has 1 aliphatic heterocycles. The van der Waals surface area contributed by atoms with Crippen LogP contribution in [0.2, 0.25) is 0 Å². The van der Waals surface area contributed by atoms with Crippen LogP contribution in [0, 0.1) is 12.7 Å². The van der Waals surface area contributed by atoms with Crippen LogP contribution in [0.1, 0.15) is 56.1 Å². The maximum atomic E-state index is 14.6. The SMILES string of the molecule is COC1CC(N(C(=O)OC(C)(C)C)[C@H]2CCN(c3ccc(C(=O)Nc4cc(F)c5nc(C)cn5c4)c4nn(C)cc34)C2)C1. The Morgan fingerprint density at radius 1 is 1.14 bits per heavy atom. The summed E-state index contributed by atoms with van der Waals surface area (Å²) in [5.74, 6) is -0.910. The fraction of sp³-hybridized carbons (Fsp3) is 0.484. The second kappa shape index (κ2) is 10.8. The van der Waals surface area contributed by atoms with Crippen LogP contribution in [-0.2, 0) is 16.5 Å². The number of nitrogens with zero attached hydrogens (tertiary/aromatic N) is 6. The number of hydrogen-bond acceptors (Lipinski definition) is 7. The van der Waals surface area contributed by atoms with Gasteiger partial charge in [-0.1, -0.05) is 0 Å². The summed E-state index contributed by atoms with van der Waals surface area (Å²) in [6.45, 7) is 8.80. The molecule has 1 aliphatic carbocycles. The Bertz CT molecular complexity index is 1700. The molecule has 0 spiro atoms. The van der Waals surface area contributed by atoms with Gasteiger partial charge in [0, 0.05) is 69.0 Å². The second-order valence-electron chi connectivity index (χ2n) is 12.6. The number of methoxy groups -OCH3 is 1. The van der Waals surface area contributed by atoms with E-state index < -0.39 is 11.4 Å². The molecule has 0 unspecified atom stereocenters. The number of halogens is 1. The highest BCUT2D eigenvalue weighted by molar-refractivity contribution is 6.14. The molecule has 2 amide bonds. The fourth-order valence-corrected chi connectivity index (χ4v) is 6.17. The van der Waals surface area contributed by atoms with Crippen LogP contribution >= 0.6 is 0 Å². The number of amides is 2. The van der Waals surface area contributed by atoms with E-state index in [1.807, 2.05) is 45.0 Å². The highest BCUT2D eigenvalue weighted by Gasteiger charge is 2.43. The molecule has 3 aromatic heterocycles. The van der Waals surface area contributed by atoms with E-state index in [-0.39, 0.29) is 35.8 Å². The number of pyridine rings is 1. The first-order chi connectivity index (χ1) is 20.4. The number of fused-ring (bicyclic) bond motifs is 2. The predicted octanol–water partition coefficient (Wildman–Crippen LogP) is 4.91. The summed E-state index contributed by atoms with van der Waals surface area (Å²) in [7, 11) is 3.52. The molecule has 2 aliphatic rings. The van der Waals surface area contributed by atoms with Gasteiger partial charge in [-0.15, -0.1) is 0 Å². The average Bonchev–Trinajstić information content (AvgIpc) is 3.61. The third-order valence-electron chi connectivity index (χ3n) is 8.20. The normalized spacial score (nSPS) is 20.4. The van der Waals surface area contributed by atoms with Crippen molar-refractivity contribution in [2.24, 2.45) is 7.05 Å². The van der Waals surface area contributed by atoms with Crippen molar-refractivity contribution in [1.29, 1.82) is 0 Å². The molecule has 0 radical (unpaired) electrons. The molecule has 1 saturated heterocycles. The summed E-state index contributed by atoms with van der Waals surface area (Å²) in [6.07, 6.45) is 7.47. The summed E-state index contributed by atoms with van der Waals surface area (Å²) >= 11 is 0. The van der Waals surface area contributed by atoms with E-state index in [0.29, 0.717) is 29.0 Å². The van der Waals surface area contributed by atoms with Crippen LogP contribution in [-0.4, -0.2) is 80.1 Å². The van der Waals surface area contributed by atoms with E-state index in [9.17, 15) is 14.0 Å². The summed E-state index contributed by atoms with van der Waals surface area (Å²) < 4.78 is 29.2. The molecule has 1 N–H and O–H groups in total. The number of benzene rings is 1. The Hall–Kier alpha value is -4.19. The van der Waals surface area contributed by atoms with Crippen molar-refractivity contribution in [2.75, 3.05) is 30.4 Å². The van der Waals surface area contributed by atoms with Gasteiger partial charge in [0.2, 0.25) is 0 Å². The summed E-state index contributed by atoms with van der Waals surface area (Å²) in [6, 6.07) is 4.99. The number of anilines is 2. The lowest BCUT2D eigenvalue weighted by Gasteiger charge is -2.45. The zero-order valence-corrected chi connectivity index (χ0v) is 25.4. The molecule has 1 aromatic carbocycles. The highest BCUT2D eigenvalue weighted by atomic mass is 19.1. The number of rotatable bonds is 6. The maximum Gasteiger partial charge on any atom is 0.410 e. The van der Waals surface area contributed by atoms with Crippen molar-refractivity contribution in [3.05, 3.63) is 53.9 Å². The predicted molar refractivity (Wildman–Crippen MR) is 161 cm³/mol. The van der Waals surface area contributed by atoms with Gasteiger partial charge in [0.1, 0.15) is 11.1 Å². The number of carbonyl (C=O) groups is 2. The van der Waals surface area contributed by atoms with Crippen LogP contribution in [0.5, 0.6) is 0 Å². The quantitative estimate of drug-likeness (QED) is 0.340. The van der Waals surface area contributed by atoms with Gasteiger partial charge in [0.15, 0.2) is 11.5 Å². The summed E-state index contributed by atoms with van der Waals surface area (Å²) in [4.78, 5) is 35.1. The first-order valence-electron chi connectivity index (χ1n) is 14.6. The van der Waals surface area contributed by atoms with E-state index in [1.54, 1.807) is 41.6 Å². The number of carbonyl (C=O) groups excluding carboxylic acids is 2. The lowest BCUT2D eigenvalue weighted by molar-refractivity contribution is -0.0497. The molecular formula is C31H38FN7O4. The minimum absolute atomic E-state index is 0.0241. The number of nitrogens with one attached hydrogen (secondary N) is 1. The Balaban J connectivity index is 1.24. The van der Waals surface area contributed by atoms with Gasteiger partial charge in [-0.25, -0.2) is 14.2 Å². The van der Waals surface area contributed by atoms with E-state index >= 15 is 0 Å². The van der Waals surface area contributed by atoms with Crippen molar-refractivity contribution in [1.82, 2.24) is 24.1 Å². The molecule has 2 fully saturated rings. The zero-order valence-electron chi connectivity index (χ0n) is 25.4. The smallest absolute Gasteiger partial charge is 0.410 e. The molecule has 11 nitrogen and oxygen atoms in total. The van der Waals surface area contributed by atoms with E-state index in [1.165, 1.54) is 6.07 Å². The van der Waals surface area contributed by atoms with Crippen LogP contribution in [0.3, 0.4) is 0 Å². The third kappa shape index (κ3) is 5.63. The maximum absolute atomic E-state index is 14.6. The van der Waals surface area contributed by atoms with E-state index in [0.717, 1.165) is 36.9 Å². The largest absolute Gasteiger partial charge is 0.444 e. The van der Waals surface area contributed by atoms with Crippen LogP contribution < -0.4 is 10.2 Å². The van der Waals surface area contributed by atoms with Gasteiger partial charge >= 0.3 is 6.09 Å². The molecule has 12 heteroatoms. The van der Waals surface area contributed by atoms with E-state index in [4.69, 9.17) is 9.47 Å². The van der Waals surface area contributed by atoms with Crippen molar-refractivity contribution in [3.8, 4) is 0 Å². The number of aromatic nitrogens is 4. The first kappa shape index (κ1) is 28.9. The van der Waals surface area contributed by atoms with Crippen molar-refractivity contribution >= 4 is 39.9 Å². The van der Waals surface area contributed by atoms with Gasteiger partial charge in [0.25, 0.3) is 5.91 Å². The zero-order chi connectivity index (χ0) is 30.6. The average molecular weight is 592 g/mol. The summed E-state index contributed by atoms with van der Waals surface area (Å²) in [5, 5.41) is 8.26. The molecule has 4 aromatic rings. The molecule has 4 heterocycles. The molecule has 1 atom stereocenters. The second-order valence-corrected chi connectivity index (χ2v) is 12.6. The minimum atomic E-state index is -0.592. The van der Waals surface area contributed by atoms with Gasteiger partial charge < -0.3 is 29.0 Å². The minimum Gasteiger partial charge on any atom is -0.444 e. The van der Waals surface area contributed by atoms with Crippen molar-refractivity contribution in [2.45, 2.75) is 70.7 Å². The van der Waals surface area contributed by atoms with Gasteiger partial charge in [-0.3, -0.25) is 9.48 Å². The molecular weight excluding hydrogens is 553 g/mol. The number of aryl methyl sites for hydroxylation is 2. The number of ether oxygens (including phenoxy) is 2. The Morgan fingerprint density at radius 2 is 1.91 bits per heavy atom. The van der Waals surface area contributed by atoms with Crippen LogP contribution in [0.15, 0.2) is 36.8 Å². The number of imidazole rings is 1. The van der Waals surface area contributed by atoms with Gasteiger partial charge in [-0.05, 0) is 59.1 Å². The Labute approximate surface area is 249 Å². The number of hydrogen-bond donors (Lipinski definition) is 1. The van der Waals surface area contributed by atoms with Crippen molar-refractivity contribution in [3.63, 3.8) is 0 Å². The van der Waals surface area contributed by atoms with E-state index in [2.05, 4.69) is 20.3 Å². The first-order valence-corrected chi connectivity index (χ1v) is 14.6. The van der Waals surface area contributed by atoms with Gasteiger partial charge in [0.05, 0.1) is 29.1 Å². The molecule has 43 heavy (non-hydrogen) atoms. The Morgan fingerprint density at radius 3 is 2.63 bits per heavy atom. The molecule has 0 bridgehead atoms. The molecule has 1 saturated carbocycles. The third-order valence-corrected chi connectivity index (χ3v) is 8.20. The molecule has 6 rings (SSSR count). The molecule has 228 valence electrons. The lowest BCUT2D eigenvalue weighted by Crippen LogP contribution is -2.56. The monoisotopic (exact) mass is 591 g/mol. The van der Waals surface area contributed by atoms with Crippen LogP contribution in [0.25, 0.3) is 16.6 Å². The van der Waals surface area contributed by atoms with Crippen LogP contribution in [0.4, 0.5) is 20.6 Å². The lowest BCUT2D eigenvalue weighted by atomic mass is 9.87. The summed E-state index contributed by atoms with van der Waals surface area (Å²) in [5.41, 5.74) is 2.48. The topological polar surface area (TPSA) is 106 Å². The highest BCUT2D eigenvalue weighted by Crippen LogP contribution is 2.36. The van der Waals surface area contributed by atoms with Gasteiger partial charge in [-0.2, -0.15) is 5.10 Å². The van der Waals surface area contributed by atoms with Crippen molar-refractivity contribution < 1.29 is 23.5 Å². The fourth-order valence-electron chi connectivity index (χ4n) is 6.17. The standard InChI is InChI=1S/C31H38FN7O4/c1-18-14-38-15-19(11-25(32)28(38)33-18)34-29(40)23-7-8-26(24-17-36(5)35-27(23)24)37-10-9-20(16-37)39(21-12-22(13-21)42-6)30(41)43-31(2,3)4/h7-8,11,14-15,17,20-22H,9-10,12-13,16H2,1-6H3,(H,34,40)/t20-,21?,22?/m0/s1.